The largest absolute Gasteiger partial charge is 0.416 e. The Morgan fingerprint density at radius 3 is 1.52 bits per heavy atom. The summed E-state index contributed by atoms with van der Waals surface area (Å²) in [5.74, 6) is 0. The van der Waals surface area contributed by atoms with Crippen LogP contribution in [0.4, 0.5) is 13.2 Å². The van der Waals surface area contributed by atoms with Gasteiger partial charge >= 0.3 is 6.18 Å². The molecule has 0 aromatic heterocycles. The highest BCUT2D eigenvalue weighted by Gasteiger charge is 2.30. The molecule has 0 fully saturated rings. The molecule has 25 heavy (non-hydrogen) atoms. The molecule has 3 aromatic rings. The Morgan fingerprint density at radius 1 is 0.680 bits per heavy atom. The Balaban J connectivity index is 1.99. The Labute approximate surface area is 147 Å². The molecule has 128 valence electrons. The summed E-state index contributed by atoms with van der Waals surface area (Å²) in [7, 11) is -0.707. The summed E-state index contributed by atoms with van der Waals surface area (Å²) < 4.78 is 38.4. The van der Waals surface area contributed by atoms with Crippen LogP contribution < -0.4 is 10.6 Å². The quantitative estimate of drug-likeness (QED) is 0.510. The van der Waals surface area contributed by atoms with E-state index in [1.54, 1.807) is 12.1 Å². The molecule has 3 aromatic carbocycles. The minimum absolute atomic E-state index is 0.113. The third-order valence-corrected chi connectivity index (χ3v) is 6.96. The maximum absolute atomic E-state index is 12.8. The van der Waals surface area contributed by atoms with Gasteiger partial charge in [-0.3, -0.25) is 0 Å². The van der Waals surface area contributed by atoms with E-state index in [4.69, 9.17) is 0 Å². The van der Waals surface area contributed by atoms with Crippen LogP contribution in [0.5, 0.6) is 0 Å². The van der Waals surface area contributed by atoms with Crippen molar-refractivity contribution in [2.24, 2.45) is 0 Å². The highest BCUT2D eigenvalue weighted by atomic mass is 31.1. The zero-order chi connectivity index (χ0) is 17.9. The van der Waals surface area contributed by atoms with Crippen molar-refractivity contribution in [3.8, 4) is 0 Å². The summed E-state index contributed by atoms with van der Waals surface area (Å²) in [5.41, 5.74) is 0.432. The normalized spacial score (nSPS) is 13.0. The van der Waals surface area contributed by atoms with Crippen molar-refractivity contribution in [1.82, 2.24) is 0 Å². The van der Waals surface area contributed by atoms with E-state index in [0.717, 1.165) is 5.56 Å². The average Bonchev–Trinajstić information content (AvgIpc) is 2.63. The first-order valence-corrected chi connectivity index (χ1v) is 9.44. The first-order chi connectivity index (χ1) is 12.0. The summed E-state index contributed by atoms with van der Waals surface area (Å²) in [5, 5.41) is 2.44. The average molecular weight is 358 g/mol. The Bertz CT molecular complexity index is 757. The second kappa shape index (κ2) is 7.41. The fourth-order valence-electron chi connectivity index (χ4n) is 2.87. The van der Waals surface area contributed by atoms with Gasteiger partial charge in [0.25, 0.3) is 0 Å². The van der Waals surface area contributed by atoms with Crippen LogP contribution in [0, 0.1) is 0 Å². The molecule has 3 rings (SSSR count). The number of benzene rings is 3. The molecule has 0 aliphatic rings. The number of rotatable bonds is 4. The van der Waals surface area contributed by atoms with Gasteiger partial charge in [0.15, 0.2) is 0 Å². The Hall–Kier alpha value is -2.12. The van der Waals surface area contributed by atoms with Gasteiger partial charge in [0.1, 0.15) is 0 Å². The molecule has 0 spiro atoms. The molecule has 0 saturated carbocycles. The highest BCUT2D eigenvalue weighted by molar-refractivity contribution is 7.73. The van der Waals surface area contributed by atoms with Crippen molar-refractivity contribution >= 4 is 18.5 Å². The molecule has 4 heteroatoms. The van der Waals surface area contributed by atoms with Crippen LogP contribution in [-0.2, 0) is 6.18 Å². The van der Waals surface area contributed by atoms with E-state index in [1.165, 1.54) is 22.7 Å². The zero-order valence-electron chi connectivity index (χ0n) is 13.7. The second-order valence-corrected chi connectivity index (χ2v) is 8.38. The van der Waals surface area contributed by atoms with Crippen LogP contribution in [0.15, 0.2) is 84.9 Å². The second-order valence-electron chi connectivity index (χ2n) is 5.84. The molecule has 0 N–H and O–H groups in total. The van der Waals surface area contributed by atoms with Crippen LogP contribution in [-0.4, -0.2) is 0 Å². The summed E-state index contributed by atoms with van der Waals surface area (Å²) in [6, 6.07) is 25.9. The third kappa shape index (κ3) is 4.11. The lowest BCUT2D eigenvalue weighted by Gasteiger charge is -2.26. The van der Waals surface area contributed by atoms with E-state index in [1.807, 2.05) is 36.4 Å². The molecule has 0 bridgehead atoms. The predicted octanol–water partition coefficient (Wildman–Crippen LogP) is 5.90. The van der Waals surface area contributed by atoms with Crippen molar-refractivity contribution in [2.75, 3.05) is 0 Å². The van der Waals surface area contributed by atoms with Crippen LogP contribution >= 0.6 is 7.92 Å². The summed E-state index contributed by atoms with van der Waals surface area (Å²) in [6.45, 7) is 2.09. The van der Waals surface area contributed by atoms with Crippen molar-refractivity contribution in [1.29, 1.82) is 0 Å². The molecule has 0 amide bonds. The number of hydrogen-bond acceptors (Lipinski definition) is 0. The molecule has 0 aliphatic heterocycles. The van der Waals surface area contributed by atoms with Crippen LogP contribution in [0.2, 0.25) is 0 Å². The number of halogens is 3. The monoisotopic (exact) mass is 358 g/mol. The summed E-state index contributed by atoms with van der Waals surface area (Å²) >= 11 is 0. The lowest BCUT2D eigenvalue weighted by molar-refractivity contribution is -0.137. The Morgan fingerprint density at radius 2 is 1.12 bits per heavy atom. The Kier molecular flexibility index (Phi) is 5.24. The van der Waals surface area contributed by atoms with Crippen molar-refractivity contribution in [3.63, 3.8) is 0 Å². The number of hydrogen-bond donors (Lipinski definition) is 0. The molecule has 0 saturated heterocycles. The van der Waals surface area contributed by atoms with Crippen LogP contribution in [0.25, 0.3) is 0 Å². The SMILES string of the molecule is C[C@@H](c1ccc(C(F)(F)F)cc1)P(c1ccccc1)c1ccccc1. The summed E-state index contributed by atoms with van der Waals surface area (Å²) in [6.07, 6.45) is -4.30. The zero-order valence-corrected chi connectivity index (χ0v) is 14.6. The van der Waals surface area contributed by atoms with Gasteiger partial charge in [0.05, 0.1) is 5.56 Å². The lowest BCUT2D eigenvalue weighted by Crippen LogP contribution is -2.15. The van der Waals surface area contributed by atoms with Gasteiger partial charge in [-0.15, -0.1) is 0 Å². The van der Waals surface area contributed by atoms with Gasteiger partial charge in [-0.25, -0.2) is 0 Å². The summed E-state index contributed by atoms with van der Waals surface area (Å²) in [4.78, 5) is 0. The molecule has 1 atom stereocenters. The smallest absolute Gasteiger partial charge is 0.166 e. The molecular formula is C21H18F3P. The van der Waals surface area contributed by atoms with Gasteiger partial charge in [-0.1, -0.05) is 79.7 Å². The fourth-order valence-corrected chi connectivity index (χ4v) is 5.52. The van der Waals surface area contributed by atoms with Gasteiger partial charge in [-0.2, -0.15) is 13.2 Å². The van der Waals surface area contributed by atoms with Gasteiger partial charge in [0.2, 0.25) is 0 Å². The van der Waals surface area contributed by atoms with Crippen molar-refractivity contribution < 1.29 is 13.2 Å². The molecule has 0 unspecified atom stereocenters. The molecular weight excluding hydrogens is 340 g/mol. The van der Waals surface area contributed by atoms with Crippen molar-refractivity contribution in [3.05, 3.63) is 96.1 Å². The maximum Gasteiger partial charge on any atom is 0.416 e. The fraction of sp³-hybridized carbons (Fsp3) is 0.143. The van der Waals surface area contributed by atoms with Crippen LogP contribution in [0.3, 0.4) is 0 Å². The first-order valence-electron chi connectivity index (χ1n) is 8.03. The van der Waals surface area contributed by atoms with Crippen LogP contribution in [0.1, 0.15) is 23.7 Å². The topological polar surface area (TPSA) is 0 Å². The molecule has 0 heterocycles. The third-order valence-electron chi connectivity index (χ3n) is 4.18. The molecule has 0 aliphatic carbocycles. The standard InChI is InChI=1S/C21H18F3P/c1-16(17-12-14-18(15-13-17)21(22,23)24)25(19-8-4-2-5-9-19)20-10-6-3-7-11-20/h2-16H,1H3/t16-/m0/s1. The molecule has 0 radical (unpaired) electrons. The lowest BCUT2D eigenvalue weighted by atomic mass is 10.1. The first kappa shape index (κ1) is 17.7. The van der Waals surface area contributed by atoms with E-state index in [9.17, 15) is 13.2 Å². The van der Waals surface area contributed by atoms with E-state index < -0.39 is 19.7 Å². The van der Waals surface area contributed by atoms with Gasteiger partial charge in [0, 0.05) is 5.66 Å². The van der Waals surface area contributed by atoms with Gasteiger partial charge in [-0.05, 0) is 36.2 Å². The van der Waals surface area contributed by atoms with Crippen molar-refractivity contribution in [2.45, 2.75) is 18.8 Å². The van der Waals surface area contributed by atoms with E-state index in [2.05, 4.69) is 31.2 Å². The number of alkyl halides is 3. The maximum atomic E-state index is 12.8. The van der Waals surface area contributed by atoms with Gasteiger partial charge < -0.3 is 0 Å². The minimum Gasteiger partial charge on any atom is -0.166 e. The van der Waals surface area contributed by atoms with E-state index in [-0.39, 0.29) is 5.66 Å². The highest BCUT2D eigenvalue weighted by Crippen LogP contribution is 2.49. The molecule has 0 nitrogen and oxygen atoms in total. The van der Waals surface area contributed by atoms with E-state index >= 15 is 0 Å². The predicted molar refractivity (Wildman–Crippen MR) is 98.9 cm³/mol. The minimum atomic E-state index is -4.30. The van der Waals surface area contributed by atoms with E-state index in [0.29, 0.717) is 0 Å².